The van der Waals surface area contributed by atoms with Crippen LogP contribution in [0.25, 0.3) is 10.9 Å². The van der Waals surface area contributed by atoms with Crippen molar-refractivity contribution in [3.63, 3.8) is 0 Å². The van der Waals surface area contributed by atoms with Crippen LogP contribution in [0.5, 0.6) is 5.75 Å². The van der Waals surface area contributed by atoms with Crippen LogP contribution in [-0.4, -0.2) is 71.0 Å². The van der Waals surface area contributed by atoms with Gasteiger partial charge in [-0.1, -0.05) is 29.5 Å². The van der Waals surface area contributed by atoms with Crippen LogP contribution in [0, 0.1) is 6.92 Å². The van der Waals surface area contributed by atoms with Crippen LogP contribution in [0.15, 0.2) is 59.4 Å². The molecule has 40 heavy (non-hydrogen) atoms. The van der Waals surface area contributed by atoms with Crippen LogP contribution in [0.3, 0.4) is 0 Å². The fourth-order valence-corrected chi connectivity index (χ4v) is 5.05. The lowest BCUT2D eigenvalue weighted by Gasteiger charge is -2.27. The molecule has 0 bridgehead atoms. The van der Waals surface area contributed by atoms with Gasteiger partial charge in [0, 0.05) is 41.7 Å². The van der Waals surface area contributed by atoms with E-state index in [0.717, 1.165) is 33.5 Å². The zero-order valence-corrected chi connectivity index (χ0v) is 22.7. The number of aromatic amines is 1. The van der Waals surface area contributed by atoms with Gasteiger partial charge in [0.05, 0.1) is 24.8 Å². The van der Waals surface area contributed by atoms with Crippen molar-refractivity contribution in [2.75, 3.05) is 32.9 Å². The first-order chi connectivity index (χ1) is 19.4. The van der Waals surface area contributed by atoms with Crippen molar-refractivity contribution in [2.24, 2.45) is 0 Å². The van der Waals surface area contributed by atoms with Gasteiger partial charge in [-0.15, -0.1) is 0 Å². The maximum Gasteiger partial charge on any atom is 0.409 e. The summed E-state index contributed by atoms with van der Waals surface area (Å²) in [5, 5.41) is 10.8. The molecule has 0 spiro atoms. The lowest BCUT2D eigenvalue weighted by molar-refractivity contribution is 0.0245. The van der Waals surface area contributed by atoms with Crippen LogP contribution in [0.1, 0.15) is 26.6 Å². The van der Waals surface area contributed by atoms with Gasteiger partial charge in [0.1, 0.15) is 24.0 Å². The zero-order chi connectivity index (χ0) is 27.9. The summed E-state index contributed by atoms with van der Waals surface area (Å²) in [6, 6.07) is 16.2. The number of carbonyl (C=O) groups is 2. The summed E-state index contributed by atoms with van der Waals surface area (Å²) in [6.07, 6.45) is -0.247. The second-order valence-electron chi connectivity index (χ2n) is 9.31. The number of H-pyrrole nitrogens is 1. The van der Waals surface area contributed by atoms with Crippen molar-refractivity contribution < 1.29 is 23.8 Å². The first-order valence-corrected chi connectivity index (χ1v) is 13.7. The highest BCUT2D eigenvalue weighted by molar-refractivity contribution is 7.08. The molecule has 11 nitrogen and oxygen atoms in total. The monoisotopic (exact) mass is 563 g/mol. The summed E-state index contributed by atoms with van der Waals surface area (Å²) in [7, 11) is 0. The maximum absolute atomic E-state index is 13.1. The van der Waals surface area contributed by atoms with E-state index < -0.39 is 12.1 Å². The lowest BCUT2D eigenvalue weighted by atomic mass is 10.1. The van der Waals surface area contributed by atoms with E-state index in [1.54, 1.807) is 29.2 Å². The molecule has 1 atom stereocenters. The minimum atomic E-state index is -0.587. The molecule has 1 saturated heterocycles. The summed E-state index contributed by atoms with van der Waals surface area (Å²) in [6.45, 7) is 4.04. The number of amides is 2. The van der Waals surface area contributed by atoms with Crippen LogP contribution < -0.4 is 14.9 Å². The summed E-state index contributed by atoms with van der Waals surface area (Å²) in [5.41, 5.74) is 3.27. The van der Waals surface area contributed by atoms with Gasteiger partial charge in [-0.05, 0) is 43.3 Å². The fourth-order valence-electron chi connectivity index (χ4n) is 4.37. The summed E-state index contributed by atoms with van der Waals surface area (Å²) >= 11 is 0.947. The molecule has 1 aliphatic rings. The molecule has 5 rings (SSSR count). The molecule has 2 N–H and O–H groups in total. The number of pyridine rings is 1. The molecule has 2 aromatic carbocycles. The highest BCUT2D eigenvalue weighted by Gasteiger charge is 2.22. The Bertz CT molecular complexity index is 1530. The van der Waals surface area contributed by atoms with Crippen LogP contribution in [0.4, 0.5) is 4.79 Å². The van der Waals surface area contributed by atoms with Crippen molar-refractivity contribution in [3.05, 3.63) is 86.1 Å². The largest absolute Gasteiger partial charge is 0.489 e. The van der Waals surface area contributed by atoms with Gasteiger partial charge in [0.2, 0.25) is 0 Å². The highest BCUT2D eigenvalue weighted by atomic mass is 32.1. The number of hydrogen-bond donors (Lipinski definition) is 2. The van der Waals surface area contributed by atoms with E-state index >= 15 is 0 Å². The Hall–Kier alpha value is -4.29. The molecule has 1 fully saturated rings. The van der Waals surface area contributed by atoms with Crippen molar-refractivity contribution in [2.45, 2.75) is 26.0 Å². The molecule has 1 unspecified atom stereocenters. The normalized spacial score (nSPS) is 14.1. The van der Waals surface area contributed by atoms with E-state index in [0.29, 0.717) is 49.2 Å². The topological polar surface area (TPSA) is 136 Å². The molecular formula is C28H29N5O6S. The number of morpholine rings is 1. The van der Waals surface area contributed by atoms with E-state index in [9.17, 15) is 14.4 Å². The third-order valence-electron chi connectivity index (χ3n) is 6.36. The molecule has 208 valence electrons. The van der Waals surface area contributed by atoms with Crippen molar-refractivity contribution >= 4 is 34.2 Å². The molecule has 3 heterocycles. The molecule has 0 aliphatic carbocycles. The molecule has 12 heteroatoms. The Morgan fingerprint density at radius 1 is 1.15 bits per heavy atom. The number of fused-ring (bicyclic) bond motifs is 1. The van der Waals surface area contributed by atoms with Gasteiger partial charge in [-0.25, -0.2) is 9.89 Å². The summed E-state index contributed by atoms with van der Waals surface area (Å²) < 4.78 is 16.7. The number of hydrogen-bond acceptors (Lipinski definition) is 9. The minimum Gasteiger partial charge on any atom is -0.489 e. The first kappa shape index (κ1) is 27.3. The SMILES string of the molecule is Cc1cc(COc2ccc(C(=O)NC(COC(=O)N3CCOCC3)Cc3n[nH]c(=O)s3)cc2)c2ccccc2n1. The van der Waals surface area contributed by atoms with Gasteiger partial charge in [-0.3, -0.25) is 14.6 Å². The van der Waals surface area contributed by atoms with E-state index in [1.165, 1.54) is 0 Å². The van der Waals surface area contributed by atoms with Crippen molar-refractivity contribution in [1.82, 2.24) is 25.4 Å². The van der Waals surface area contributed by atoms with Gasteiger partial charge in [-0.2, -0.15) is 5.10 Å². The average molecular weight is 564 g/mol. The summed E-state index contributed by atoms with van der Waals surface area (Å²) in [5.74, 6) is 0.269. The first-order valence-electron chi connectivity index (χ1n) is 12.9. The quantitative estimate of drug-likeness (QED) is 0.317. The van der Waals surface area contributed by atoms with Crippen molar-refractivity contribution in [1.29, 1.82) is 0 Å². The molecular weight excluding hydrogens is 534 g/mol. The Kier molecular flexibility index (Phi) is 8.67. The van der Waals surface area contributed by atoms with Gasteiger partial charge in [0.15, 0.2) is 0 Å². The number of nitrogens with zero attached hydrogens (tertiary/aromatic N) is 3. The van der Waals surface area contributed by atoms with E-state index in [2.05, 4.69) is 20.5 Å². The Morgan fingerprint density at radius 3 is 2.67 bits per heavy atom. The number of nitrogens with one attached hydrogen (secondary N) is 2. The maximum atomic E-state index is 13.1. The van der Waals surface area contributed by atoms with E-state index in [1.807, 2.05) is 37.3 Å². The second-order valence-corrected chi connectivity index (χ2v) is 10.4. The third kappa shape index (κ3) is 7.01. The van der Waals surface area contributed by atoms with Crippen molar-refractivity contribution in [3.8, 4) is 5.75 Å². The highest BCUT2D eigenvalue weighted by Crippen LogP contribution is 2.21. The zero-order valence-electron chi connectivity index (χ0n) is 21.9. The Morgan fingerprint density at radius 2 is 1.93 bits per heavy atom. The third-order valence-corrected chi connectivity index (χ3v) is 7.13. The number of para-hydroxylation sites is 1. The lowest BCUT2D eigenvalue weighted by Crippen LogP contribution is -2.44. The van der Waals surface area contributed by atoms with Crippen LogP contribution in [0.2, 0.25) is 0 Å². The van der Waals surface area contributed by atoms with E-state index in [-0.39, 0.29) is 23.8 Å². The van der Waals surface area contributed by atoms with Crippen LogP contribution >= 0.6 is 11.3 Å². The fraction of sp³-hybridized carbons (Fsp3) is 0.321. The predicted molar refractivity (Wildman–Crippen MR) is 149 cm³/mol. The number of benzene rings is 2. The molecule has 0 radical (unpaired) electrons. The molecule has 4 aromatic rings. The summed E-state index contributed by atoms with van der Waals surface area (Å²) in [4.78, 5) is 42.9. The predicted octanol–water partition coefficient (Wildman–Crippen LogP) is 3.08. The second kappa shape index (κ2) is 12.7. The standard InChI is InChI=1S/C28H29N5O6S/c1-18-14-20(23-4-2-3-5-24(23)29-18)16-38-22-8-6-19(7-9-22)26(34)30-21(15-25-31-32-27(35)40-25)17-39-28(36)33-10-12-37-13-11-33/h2-9,14,21H,10-13,15-17H2,1H3,(H,30,34)(H,32,35). The number of rotatable bonds is 9. The smallest absolute Gasteiger partial charge is 0.409 e. The van der Waals surface area contributed by atoms with Crippen LogP contribution in [-0.2, 0) is 22.5 Å². The van der Waals surface area contributed by atoms with Gasteiger partial charge < -0.3 is 24.4 Å². The van der Waals surface area contributed by atoms with E-state index in [4.69, 9.17) is 14.2 Å². The number of aryl methyl sites for hydroxylation is 1. The minimum absolute atomic E-state index is 0.0732. The van der Waals surface area contributed by atoms with Gasteiger partial charge >= 0.3 is 11.0 Å². The molecule has 1 aliphatic heterocycles. The molecule has 2 aromatic heterocycles. The Balaban J connectivity index is 1.21. The van der Waals surface area contributed by atoms with Gasteiger partial charge in [0.25, 0.3) is 5.91 Å². The molecule has 0 saturated carbocycles. The Labute approximate surface area is 234 Å². The molecule has 2 amide bonds. The number of carbonyl (C=O) groups excluding carboxylic acids is 2. The average Bonchev–Trinajstić information content (AvgIpc) is 3.39. The number of aromatic nitrogens is 3. The number of ether oxygens (including phenoxy) is 3.